The summed E-state index contributed by atoms with van der Waals surface area (Å²) in [6.07, 6.45) is 0.144. The third-order valence-electron chi connectivity index (χ3n) is 2.17. The molecule has 0 aromatic heterocycles. The summed E-state index contributed by atoms with van der Waals surface area (Å²) in [4.78, 5) is 43.7. The maximum Gasteiger partial charge on any atom is 0.374 e. The fraction of sp³-hybridized carbons (Fsp3) is 0.500. The quantitative estimate of drug-likeness (QED) is 0.564. The molecule has 1 aliphatic rings. The average Bonchev–Trinajstić information content (AvgIpc) is 2.48. The topological polar surface area (TPSA) is 112 Å². The Morgan fingerprint density at radius 2 is 1.93 bits per heavy atom. The summed E-state index contributed by atoms with van der Waals surface area (Å²) in [6, 6.07) is -1.08. The lowest BCUT2D eigenvalue weighted by Gasteiger charge is -2.19. The number of Topliss-reactive ketones (excluding diaryl/α,β-unsaturated/α-hetero) is 1. The van der Waals surface area contributed by atoms with Crippen LogP contribution in [0.15, 0.2) is 0 Å². The Bertz CT molecular complexity index is 336. The van der Waals surface area contributed by atoms with Crippen molar-refractivity contribution in [2.45, 2.75) is 18.9 Å². The number of rotatable bonds is 4. The van der Waals surface area contributed by atoms with Gasteiger partial charge in [-0.15, -0.1) is 0 Å². The van der Waals surface area contributed by atoms with Crippen molar-refractivity contribution in [3.05, 3.63) is 0 Å². The summed E-state index contributed by atoms with van der Waals surface area (Å²) in [5.74, 6) is -4.58. The summed E-state index contributed by atoms with van der Waals surface area (Å²) >= 11 is 0. The second kappa shape index (κ2) is 4.07. The minimum absolute atomic E-state index is 0.0316. The van der Waals surface area contributed by atoms with Crippen molar-refractivity contribution in [1.82, 2.24) is 4.90 Å². The van der Waals surface area contributed by atoms with E-state index >= 15 is 0 Å². The van der Waals surface area contributed by atoms with Crippen LogP contribution in [0.3, 0.4) is 0 Å². The first-order chi connectivity index (χ1) is 6.93. The van der Waals surface area contributed by atoms with Gasteiger partial charge in [-0.05, 0) is 6.42 Å². The van der Waals surface area contributed by atoms with Gasteiger partial charge in [0.1, 0.15) is 6.04 Å². The van der Waals surface area contributed by atoms with E-state index in [2.05, 4.69) is 0 Å². The summed E-state index contributed by atoms with van der Waals surface area (Å²) in [6.45, 7) is -0.675. The number of nitrogens with zero attached hydrogens (tertiary/aromatic N) is 1. The van der Waals surface area contributed by atoms with E-state index in [9.17, 15) is 19.2 Å². The van der Waals surface area contributed by atoms with Crippen LogP contribution >= 0.6 is 0 Å². The molecule has 0 radical (unpaired) electrons. The van der Waals surface area contributed by atoms with Gasteiger partial charge in [-0.1, -0.05) is 0 Å². The molecule has 1 saturated heterocycles. The maximum atomic E-state index is 11.2. The zero-order valence-electron chi connectivity index (χ0n) is 7.67. The van der Waals surface area contributed by atoms with E-state index in [1.165, 1.54) is 0 Å². The van der Waals surface area contributed by atoms with Gasteiger partial charge >= 0.3 is 11.9 Å². The van der Waals surface area contributed by atoms with Crippen molar-refractivity contribution < 1.29 is 29.4 Å². The van der Waals surface area contributed by atoms with Crippen LogP contribution in [0, 0.1) is 0 Å². The fourth-order valence-electron chi connectivity index (χ4n) is 1.41. The number of carbonyl (C=O) groups excluding carboxylic acids is 2. The molecule has 0 aromatic carbocycles. The highest BCUT2D eigenvalue weighted by Crippen LogP contribution is 2.18. The SMILES string of the molecule is O=C(O)C(=O)CN1C(=O)CC[C@H]1C(=O)O. The maximum absolute atomic E-state index is 11.2. The van der Waals surface area contributed by atoms with Crippen LogP contribution in [0.2, 0.25) is 0 Å². The molecule has 1 heterocycles. The summed E-state index contributed by atoms with van der Waals surface area (Å²) in [5.41, 5.74) is 0. The molecule has 2 N–H and O–H groups in total. The lowest BCUT2D eigenvalue weighted by molar-refractivity contribution is -0.153. The molecule has 15 heavy (non-hydrogen) atoms. The van der Waals surface area contributed by atoms with Crippen molar-refractivity contribution in [3.63, 3.8) is 0 Å². The van der Waals surface area contributed by atoms with E-state index in [1.54, 1.807) is 0 Å². The van der Waals surface area contributed by atoms with Crippen molar-refractivity contribution >= 4 is 23.6 Å². The first kappa shape index (κ1) is 11.2. The Hall–Kier alpha value is -1.92. The third kappa shape index (κ3) is 2.30. The number of likely N-dealkylation sites (tertiary alicyclic amines) is 1. The molecule has 1 atom stereocenters. The molecule has 0 spiro atoms. The van der Waals surface area contributed by atoms with Crippen LogP contribution in [-0.2, 0) is 19.2 Å². The normalized spacial score (nSPS) is 20.4. The number of aliphatic carboxylic acids is 2. The van der Waals surface area contributed by atoms with Crippen molar-refractivity contribution in [2.24, 2.45) is 0 Å². The minimum Gasteiger partial charge on any atom is -0.480 e. The van der Waals surface area contributed by atoms with Gasteiger partial charge < -0.3 is 15.1 Å². The molecule has 1 aliphatic heterocycles. The van der Waals surface area contributed by atoms with Crippen molar-refractivity contribution in [2.75, 3.05) is 6.54 Å². The largest absolute Gasteiger partial charge is 0.480 e. The van der Waals surface area contributed by atoms with Crippen molar-refractivity contribution in [1.29, 1.82) is 0 Å². The van der Waals surface area contributed by atoms with Gasteiger partial charge in [-0.2, -0.15) is 0 Å². The molecule has 7 nitrogen and oxygen atoms in total. The highest BCUT2D eigenvalue weighted by atomic mass is 16.4. The van der Waals surface area contributed by atoms with E-state index < -0.39 is 36.2 Å². The molecule has 0 saturated carbocycles. The van der Waals surface area contributed by atoms with Crippen molar-refractivity contribution in [3.8, 4) is 0 Å². The number of hydrogen-bond acceptors (Lipinski definition) is 4. The Labute approximate surface area is 84.3 Å². The van der Waals surface area contributed by atoms with Gasteiger partial charge in [0.25, 0.3) is 5.78 Å². The zero-order chi connectivity index (χ0) is 11.6. The van der Waals surface area contributed by atoms with E-state index in [4.69, 9.17) is 10.2 Å². The smallest absolute Gasteiger partial charge is 0.374 e. The predicted molar refractivity (Wildman–Crippen MR) is 45.0 cm³/mol. The molecule has 1 amide bonds. The molecule has 1 fully saturated rings. The average molecular weight is 215 g/mol. The van der Waals surface area contributed by atoms with Gasteiger partial charge in [0, 0.05) is 6.42 Å². The van der Waals surface area contributed by atoms with Crippen LogP contribution in [-0.4, -0.2) is 51.3 Å². The molecule has 0 unspecified atom stereocenters. The molecule has 0 bridgehead atoms. The first-order valence-electron chi connectivity index (χ1n) is 4.22. The van der Waals surface area contributed by atoms with E-state index in [-0.39, 0.29) is 12.8 Å². The standard InChI is InChI=1S/C8H9NO6/c10-5(8(14)15)3-9-4(7(12)13)1-2-6(9)11/h4H,1-3H2,(H,12,13)(H,14,15)/t4-/m0/s1. The predicted octanol–water partition coefficient (Wildman–Crippen LogP) is -1.28. The van der Waals surface area contributed by atoms with Crippen LogP contribution in [0.25, 0.3) is 0 Å². The molecule has 0 aromatic rings. The van der Waals surface area contributed by atoms with Gasteiger partial charge in [-0.3, -0.25) is 9.59 Å². The Morgan fingerprint density at radius 3 is 2.40 bits per heavy atom. The number of ketones is 1. The first-order valence-corrected chi connectivity index (χ1v) is 4.22. The molecular weight excluding hydrogens is 206 g/mol. The van der Waals surface area contributed by atoms with Crippen LogP contribution < -0.4 is 0 Å². The number of carboxylic acids is 2. The number of hydrogen-bond donors (Lipinski definition) is 2. The molecule has 7 heteroatoms. The zero-order valence-corrected chi connectivity index (χ0v) is 7.67. The summed E-state index contributed by atoms with van der Waals surface area (Å²) < 4.78 is 0. The van der Waals surface area contributed by atoms with Gasteiger partial charge in [0.15, 0.2) is 0 Å². The van der Waals surface area contributed by atoms with Gasteiger partial charge in [0.2, 0.25) is 5.91 Å². The van der Waals surface area contributed by atoms with E-state index in [1.807, 2.05) is 0 Å². The molecule has 1 rings (SSSR count). The van der Waals surface area contributed by atoms with Gasteiger partial charge in [-0.25, -0.2) is 9.59 Å². The highest BCUT2D eigenvalue weighted by Gasteiger charge is 2.37. The van der Waals surface area contributed by atoms with Crippen LogP contribution in [0.5, 0.6) is 0 Å². The van der Waals surface area contributed by atoms with E-state index in [0.29, 0.717) is 0 Å². The number of carbonyl (C=O) groups is 4. The molecule has 82 valence electrons. The fourth-order valence-corrected chi connectivity index (χ4v) is 1.41. The third-order valence-corrected chi connectivity index (χ3v) is 2.17. The summed E-state index contributed by atoms with van der Waals surface area (Å²) in [5, 5.41) is 17.0. The second-order valence-electron chi connectivity index (χ2n) is 3.14. The van der Waals surface area contributed by atoms with E-state index in [0.717, 1.165) is 4.90 Å². The minimum atomic E-state index is -1.67. The number of amides is 1. The van der Waals surface area contributed by atoms with Gasteiger partial charge in [0.05, 0.1) is 6.54 Å². The lowest BCUT2D eigenvalue weighted by Crippen LogP contribution is -2.43. The lowest BCUT2D eigenvalue weighted by atomic mass is 10.2. The Morgan fingerprint density at radius 1 is 1.33 bits per heavy atom. The van der Waals surface area contributed by atoms with Crippen LogP contribution in [0.1, 0.15) is 12.8 Å². The monoisotopic (exact) mass is 215 g/mol. The Kier molecular flexibility index (Phi) is 3.03. The summed E-state index contributed by atoms with van der Waals surface area (Å²) in [7, 11) is 0. The molecular formula is C8H9NO6. The number of carboxylic acid groups (broad SMARTS) is 2. The van der Waals surface area contributed by atoms with Crippen LogP contribution in [0.4, 0.5) is 0 Å². The molecule has 0 aliphatic carbocycles. The second-order valence-corrected chi connectivity index (χ2v) is 3.14. The Balaban J connectivity index is 2.73. The highest BCUT2D eigenvalue weighted by molar-refractivity contribution is 6.33.